The number of nitrogens with two attached hydrogens (primary N) is 1. The quantitative estimate of drug-likeness (QED) is 0.840. The summed E-state index contributed by atoms with van der Waals surface area (Å²) in [5.74, 6) is 0.811. The maximum absolute atomic E-state index is 12.0. The molecule has 3 N–H and O–H groups in total. The van der Waals surface area contributed by atoms with E-state index in [2.05, 4.69) is 33.1 Å². The van der Waals surface area contributed by atoms with Crippen molar-refractivity contribution in [3.8, 4) is 0 Å². The number of carbonyl (C=O) groups excluding carboxylic acids is 1. The number of likely N-dealkylation sites (tertiary alicyclic amines) is 1. The summed E-state index contributed by atoms with van der Waals surface area (Å²) < 4.78 is 0.813. The molecular weight excluding hydrogens is 306 g/mol. The standard InChI is InChI=1S/C14H20BrN3O/c1-10-4-6-18(7-5-10)9-14(19)17-13-3-2-11(16)8-12(13)15/h2-3,8,10H,4-7,9,16H2,1H3,(H,17,19). The number of nitrogens with one attached hydrogen (secondary N) is 1. The Labute approximate surface area is 122 Å². The Hall–Kier alpha value is -1.07. The zero-order chi connectivity index (χ0) is 13.8. The average molecular weight is 326 g/mol. The Morgan fingerprint density at radius 3 is 2.79 bits per heavy atom. The second-order valence-corrected chi connectivity index (χ2v) is 6.10. The highest BCUT2D eigenvalue weighted by atomic mass is 79.9. The number of benzene rings is 1. The zero-order valence-electron chi connectivity index (χ0n) is 11.2. The Morgan fingerprint density at radius 2 is 2.16 bits per heavy atom. The van der Waals surface area contributed by atoms with E-state index in [0.29, 0.717) is 12.2 Å². The molecule has 1 aromatic carbocycles. The number of rotatable bonds is 3. The van der Waals surface area contributed by atoms with E-state index in [1.807, 2.05) is 6.07 Å². The van der Waals surface area contributed by atoms with Gasteiger partial charge in [-0.15, -0.1) is 0 Å². The number of halogens is 1. The number of amides is 1. The van der Waals surface area contributed by atoms with Gasteiger partial charge >= 0.3 is 0 Å². The summed E-state index contributed by atoms with van der Waals surface area (Å²) in [4.78, 5) is 14.2. The van der Waals surface area contributed by atoms with Crippen molar-refractivity contribution in [2.24, 2.45) is 5.92 Å². The van der Waals surface area contributed by atoms with E-state index in [9.17, 15) is 4.79 Å². The lowest BCUT2D eigenvalue weighted by Gasteiger charge is -2.29. The van der Waals surface area contributed by atoms with Crippen LogP contribution in [0.1, 0.15) is 19.8 Å². The molecule has 1 heterocycles. The normalized spacial score (nSPS) is 17.4. The fourth-order valence-corrected chi connectivity index (χ4v) is 2.74. The largest absolute Gasteiger partial charge is 0.399 e. The molecule has 1 amide bonds. The summed E-state index contributed by atoms with van der Waals surface area (Å²) in [5, 5.41) is 2.91. The van der Waals surface area contributed by atoms with Crippen molar-refractivity contribution in [3.05, 3.63) is 22.7 Å². The SMILES string of the molecule is CC1CCN(CC(=O)Nc2ccc(N)cc2Br)CC1. The highest BCUT2D eigenvalue weighted by Crippen LogP contribution is 2.24. The fraction of sp³-hybridized carbons (Fsp3) is 0.500. The average Bonchev–Trinajstić information content (AvgIpc) is 2.36. The smallest absolute Gasteiger partial charge is 0.238 e. The predicted molar refractivity (Wildman–Crippen MR) is 82.0 cm³/mol. The van der Waals surface area contributed by atoms with Crippen LogP contribution in [0, 0.1) is 5.92 Å². The Morgan fingerprint density at radius 1 is 1.47 bits per heavy atom. The molecule has 104 valence electrons. The van der Waals surface area contributed by atoms with Gasteiger partial charge in [0.25, 0.3) is 0 Å². The van der Waals surface area contributed by atoms with Gasteiger partial charge in [-0.3, -0.25) is 9.69 Å². The van der Waals surface area contributed by atoms with Gasteiger partial charge in [-0.25, -0.2) is 0 Å². The molecule has 4 nitrogen and oxygen atoms in total. The molecule has 1 saturated heterocycles. The second-order valence-electron chi connectivity index (χ2n) is 5.25. The molecule has 1 aliphatic heterocycles. The topological polar surface area (TPSA) is 58.4 Å². The third kappa shape index (κ3) is 4.21. The van der Waals surface area contributed by atoms with Crippen molar-refractivity contribution in [1.82, 2.24) is 4.90 Å². The van der Waals surface area contributed by atoms with Crippen LogP contribution in [0.25, 0.3) is 0 Å². The summed E-state index contributed by atoms with van der Waals surface area (Å²) in [6, 6.07) is 5.39. The van der Waals surface area contributed by atoms with Crippen molar-refractivity contribution >= 4 is 33.2 Å². The van der Waals surface area contributed by atoms with Gasteiger partial charge in [0.2, 0.25) is 5.91 Å². The van der Waals surface area contributed by atoms with E-state index in [4.69, 9.17) is 5.73 Å². The minimum Gasteiger partial charge on any atom is -0.399 e. The summed E-state index contributed by atoms with van der Waals surface area (Å²) in [6.07, 6.45) is 2.36. The van der Waals surface area contributed by atoms with Crippen molar-refractivity contribution in [2.75, 3.05) is 30.7 Å². The molecule has 0 aliphatic carbocycles. The second kappa shape index (κ2) is 6.39. The van der Waals surface area contributed by atoms with E-state index >= 15 is 0 Å². The van der Waals surface area contributed by atoms with Gasteiger partial charge in [-0.2, -0.15) is 0 Å². The summed E-state index contributed by atoms with van der Waals surface area (Å²) in [6.45, 7) is 4.75. The first-order valence-corrected chi connectivity index (χ1v) is 7.41. The van der Waals surface area contributed by atoms with Crippen LogP contribution in [0.2, 0.25) is 0 Å². The van der Waals surface area contributed by atoms with Gasteiger partial charge in [-0.05, 0) is 66.0 Å². The van der Waals surface area contributed by atoms with E-state index in [-0.39, 0.29) is 5.91 Å². The summed E-state index contributed by atoms with van der Waals surface area (Å²) in [5.41, 5.74) is 7.11. The molecule has 1 fully saturated rings. The van der Waals surface area contributed by atoms with Crippen LogP contribution in [0.4, 0.5) is 11.4 Å². The van der Waals surface area contributed by atoms with Crippen LogP contribution in [-0.2, 0) is 4.79 Å². The number of anilines is 2. The molecule has 0 bridgehead atoms. The van der Waals surface area contributed by atoms with E-state index in [1.54, 1.807) is 12.1 Å². The van der Waals surface area contributed by atoms with Crippen LogP contribution < -0.4 is 11.1 Å². The van der Waals surface area contributed by atoms with Gasteiger partial charge < -0.3 is 11.1 Å². The lowest BCUT2D eigenvalue weighted by Crippen LogP contribution is -2.38. The molecule has 0 radical (unpaired) electrons. The molecule has 0 spiro atoms. The first kappa shape index (κ1) is 14.3. The van der Waals surface area contributed by atoms with Gasteiger partial charge in [0.1, 0.15) is 0 Å². The molecule has 0 aromatic heterocycles. The summed E-state index contributed by atoms with van der Waals surface area (Å²) >= 11 is 3.40. The van der Waals surface area contributed by atoms with Crippen molar-refractivity contribution in [2.45, 2.75) is 19.8 Å². The van der Waals surface area contributed by atoms with Crippen LogP contribution in [0.3, 0.4) is 0 Å². The van der Waals surface area contributed by atoms with E-state index in [0.717, 1.165) is 29.2 Å². The van der Waals surface area contributed by atoms with E-state index in [1.165, 1.54) is 12.8 Å². The molecule has 0 atom stereocenters. The fourth-order valence-electron chi connectivity index (χ4n) is 2.25. The number of nitrogen functional groups attached to an aromatic ring is 1. The zero-order valence-corrected chi connectivity index (χ0v) is 12.7. The number of carbonyl (C=O) groups is 1. The predicted octanol–water partition coefficient (Wildman–Crippen LogP) is 2.70. The van der Waals surface area contributed by atoms with Crippen LogP contribution in [0.5, 0.6) is 0 Å². The number of piperidine rings is 1. The Bertz CT molecular complexity index is 456. The Kier molecular flexibility index (Phi) is 4.82. The third-order valence-corrected chi connectivity index (χ3v) is 4.17. The van der Waals surface area contributed by atoms with Crippen LogP contribution in [-0.4, -0.2) is 30.4 Å². The molecule has 1 aromatic rings. The van der Waals surface area contributed by atoms with Gasteiger partial charge in [0, 0.05) is 10.2 Å². The molecule has 19 heavy (non-hydrogen) atoms. The maximum atomic E-state index is 12.0. The molecular formula is C14H20BrN3O. The van der Waals surface area contributed by atoms with Crippen LogP contribution >= 0.6 is 15.9 Å². The molecule has 0 saturated carbocycles. The highest BCUT2D eigenvalue weighted by Gasteiger charge is 2.18. The number of hydrogen-bond donors (Lipinski definition) is 2. The van der Waals surface area contributed by atoms with E-state index < -0.39 is 0 Å². The maximum Gasteiger partial charge on any atom is 0.238 e. The first-order valence-electron chi connectivity index (χ1n) is 6.62. The minimum absolute atomic E-state index is 0.0278. The summed E-state index contributed by atoms with van der Waals surface area (Å²) in [7, 11) is 0. The number of hydrogen-bond acceptors (Lipinski definition) is 3. The minimum atomic E-state index is 0.0278. The van der Waals surface area contributed by atoms with Crippen molar-refractivity contribution in [1.29, 1.82) is 0 Å². The molecule has 0 unspecified atom stereocenters. The molecule has 2 rings (SSSR count). The Balaban J connectivity index is 1.87. The van der Waals surface area contributed by atoms with Crippen molar-refractivity contribution < 1.29 is 4.79 Å². The molecule has 1 aliphatic rings. The third-order valence-electron chi connectivity index (χ3n) is 3.51. The monoisotopic (exact) mass is 325 g/mol. The molecule has 5 heteroatoms. The van der Waals surface area contributed by atoms with Gasteiger partial charge in [0.05, 0.1) is 12.2 Å². The number of nitrogens with zero attached hydrogens (tertiary/aromatic N) is 1. The van der Waals surface area contributed by atoms with Crippen LogP contribution in [0.15, 0.2) is 22.7 Å². The van der Waals surface area contributed by atoms with Gasteiger partial charge in [-0.1, -0.05) is 6.92 Å². The first-order chi connectivity index (χ1) is 9.04. The highest BCUT2D eigenvalue weighted by molar-refractivity contribution is 9.10. The van der Waals surface area contributed by atoms with Crippen molar-refractivity contribution in [3.63, 3.8) is 0 Å². The lowest BCUT2D eigenvalue weighted by atomic mass is 9.99. The lowest BCUT2D eigenvalue weighted by molar-refractivity contribution is -0.117. The van der Waals surface area contributed by atoms with Gasteiger partial charge in [0.15, 0.2) is 0 Å².